The molecule has 0 aliphatic rings. The highest BCUT2D eigenvalue weighted by atomic mass is 35.5. The van der Waals surface area contributed by atoms with E-state index in [1.165, 1.54) is 18.2 Å². The quantitative estimate of drug-likeness (QED) is 0.794. The first kappa shape index (κ1) is 15.6. The summed E-state index contributed by atoms with van der Waals surface area (Å²) in [5.41, 5.74) is 0.254. The molecular formula is C13H6Cl2FNO3S. The molecular weight excluding hydrogens is 340 g/mol. The average molecular weight is 346 g/mol. The van der Waals surface area contributed by atoms with Crippen molar-refractivity contribution in [2.75, 3.05) is 0 Å². The van der Waals surface area contributed by atoms with Gasteiger partial charge < -0.3 is 4.18 Å². The molecule has 0 saturated carbocycles. The largest absolute Gasteiger partial charge is 0.377 e. The molecule has 108 valence electrons. The van der Waals surface area contributed by atoms with Gasteiger partial charge in [0.25, 0.3) is 0 Å². The summed E-state index contributed by atoms with van der Waals surface area (Å²) in [7, 11) is -4.27. The fraction of sp³-hybridized carbons (Fsp3) is 0. The lowest BCUT2D eigenvalue weighted by molar-refractivity contribution is 0.486. The number of nitriles is 1. The molecule has 21 heavy (non-hydrogen) atoms. The van der Waals surface area contributed by atoms with Gasteiger partial charge >= 0.3 is 10.1 Å². The van der Waals surface area contributed by atoms with E-state index in [0.29, 0.717) is 0 Å². The van der Waals surface area contributed by atoms with Gasteiger partial charge in [0, 0.05) is 0 Å². The van der Waals surface area contributed by atoms with E-state index in [1.807, 2.05) is 6.07 Å². The summed E-state index contributed by atoms with van der Waals surface area (Å²) in [5, 5.41) is 8.35. The Hall–Kier alpha value is -1.81. The third-order valence-corrected chi connectivity index (χ3v) is 4.44. The molecule has 0 aromatic heterocycles. The van der Waals surface area contributed by atoms with Crippen LogP contribution in [0.4, 0.5) is 4.39 Å². The predicted octanol–water partition coefficient (Wildman–Crippen LogP) is 3.77. The van der Waals surface area contributed by atoms with Gasteiger partial charge in [0.05, 0.1) is 21.7 Å². The molecule has 8 heteroatoms. The minimum atomic E-state index is -4.27. The van der Waals surface area contributed by atoms with Crippen molar-refractivity contribution < 1.29 is 17.0 Å². The van der Waals surface area contributed by atoms with Gasteiger partial charge in [-0.15, -0.1) is 0 Å². The van der Waals surface area contributed by atoms with Crippen LogP contribution in [0.2, 0.25) is 10.0 Å². The van der Waals surface area contributed by atoms with Crippen LogP contribution in [-0.4, -0.2) is 8.42 Å². The fourth-order valence-corrected chi connectivity index (χ4v) is 3.20. The summed E-state index contributed by atoms with van der Waals surface area (Å²) >= 11 is 11.5. The molecule has 0 spiro atoms. The van der Waals surface area contributed by atoms with Gasteiger partial charge in [-0.3, -0.25) is 0 Å². The molecule has 0 aliphatic heterocycles. The molecule has 0 saturated heterocycles. The first-order valence-corrected chi connectivity index (χ1v) is 7.59. The van der Waals surface area contributed by atoms with Crippen molar-refractivity contribution in [3.05, 3.63) is 57.8 Å². The monoisotopic (exact) mass is 345 g/mol. The van der Waals surface area contributed by atoms with Crippen LogP contribution in [-0.2, 0) is 10.1 Å². The van der Waals surface area contributed by atoms with Crippen LogP contribution < -0.4 is 4.18 Å². The van der Waals surface area contributed by atoms with E-state index in [1.54, 1.807) is 0 Å². The van der Waals surface area contributed by atoms with Crippen LogP contribution in [0.15, 0.2) is 41.3 Å². The van der Waals surface area contributed by atoms with E-state index in [2.05, 4.69) is 0 Å². The maximum absolute atomic E-state index is 12.9. The molecule has 0 N–H and O–H groups in total. The van der Waals surface area contributed by atoms with Crippen LogP contribution in [0.3, 0.4) is 0 Å². The standard InChI is InChI=1S/C13H6Cl2FNO3S/c14-10-5-8(7-17)1-3-12(10)20-21(18,19)13-4-2-9(16)6-11(13)15/h1-6H. The lowest BCUT2D eigenvalue weighted by Gasteiger charge is -2.09. The van der Waals surface area contributed by atoms with Crippen molar-refractivity contribution in [2.45, 2.75) is 4.90 Å². The van der Waals surface area contributed by atoms with Gasteiger partial charge in [-0.2, -0.15) is 13.7 Å². The van der Waals surface area contributed by atoms with Crippen molar-refractivity contribution in [1.82, 2.24) is 0 Å². The van der Waals surface area contributed by atoms with E-state index >= 15 is 0 Å². The van der Waals surface area contributed by atoms with Crippen molar-refractivity contribution in [2.24, 2.45) is 0 Å². The van der Waals surface area contributed by atoms with Crippen molar-refractivity contribution >= 4 is 33.3 Å². The molecule has 0 aliphatic carbocycles. The molecule has 0 heterocycles. The normalized spacial score (nSPS) is 11.0. The highest BCUT2D eigenvalue weighted by Gasteiger charge is 2.22. The predicted molar refractivity (Wildman–Crippen MR) is 75.4 cm³/mol. The molecule has 2 aromatic carbocycles. The maximum atomic E-state index is 12.9. The minimum Gasteiger partial charge on any atom is -0.377 e. The third kappa shape index (κ3) is 3.45. The number of nitrogens with zero attached hydrogens (tertiary/aromatic N) is 1. The van der Waals surface area contributed by atoms with Crippen LogP contribution in [0.5, 0.6) is 5.75 Å². The molecule has 0 radical (unpaired) electrons. The molecule has 0 atom stereocenters. The summed E-state index contributed by atoms with van der Waals surface area (Å²) in [4.78, 5) is -0.383. The fourth-order valence-electron chi connectivity index (χ4n) is 1.48. The lowest BCUT2D eigenvalue weighted by Crippen LogP contribution is -2.10. The van der Waals surface area contributed by atoms with Crippen molar-refractivity contribution in [3.8, 4) is 11.8 Å². The van der Waals surface area contributed by atoms with E-state index < -0.39 is 15.9 Å². The van der Waals surface area contributed by atoms with Gasteiger partial charge in [0.15, 0.2) is 5.75 Å². The average Bonchev–Trinajstić information content (AvgIpc) is 2.40. The van der Waals surface area contributed by atoms with Gasteiger partial charge in [0.1, 0.15) is 10.7 Å². The van der Waals surface area contributed by atoms with E-state index in [9.17, 15) is 12.8 Å². The summed E-state index contributed by atoms with van der Waals surface area (Å²) in [6.07, 6.45) is 0. The highest BCUT2D eigenvalue weighted by molar-refractivity contribution is 7.87. The molecule has 2 rings (SSSR count). The number of benzene rings is 2. The molecule has 0 amide bonds. The second-order valence-corrected chi connectivity index (χ2v) is 6.20. The van der Waals surface area contributed by atoms with Gasteiger partial charge in [0.2, 0.25) is 0 Å². The number of hydrogen-bond acceptors (Lipinski definition) is 4. The zero-order chi connectivity index (χ0) is 15.6. The SMILES string of the molecule is N#Cc1ccc(OS(=O)(=O)c2ccc(F)cc2Cl)c(Cl)c1. The van der Waals surface area contributed by atoms with Gasteiger partial charge in [-0.1, -0.05) is 23.2 Å². The topological polar surface area (TPSA) is 67.2 Å². The van der Waals surface area contributed by atoms with Crippen molar-refractivity contribution in [3.63, 3.8) is 0 Å². The lowest BCUT2D eigenvalue weighted by atomic mass is 10.2. The van der Waals surface area contributed by atoms with E-state index in [-0.39, 0.29) is 26.3 Å². The van der Waals surface area contributed by atoms with Gasteiger partial charge in [-0.05, 0) is 36.4 Å². The summed E-state index contributed by atoms with van der Waals surface area (Å²) < 4.78 is 42.0. The summed E-state index contributed by atoms with van der Waals surface area (Å²) in [6.45, 7) is 0. The molecule has 4 nitrogen and oxygen atoms in total. The molecule has 0 unspecified atom stereocenters. The van der Waals surface area contributed by atoms with Gasteiger partial charge in [-0.25, -0.2) is 4.39 Å². The maximum Gasteiger partial charge on any atom is 0.340 e. The third-order valence-electron chi connectivity index (χ3n) is 2.42. The van der Waals surface area contributed by atoms with Crippen LogP contribution >= 0.6 is 23.2 Å². The van der Waals surface area contributed by atoms with Crippen molar-refractivity contribution in [1.29, 1.82) is 5.26 Å². The minimum absolute atomic E-state index is 0.0455. The smallest absolute Gasteiger partial charge is 0.340 e. The Balaban J connectivity index is 2.40. The van der Waals surface area contributed by atoms with E-state index in [4.69, 9.17) is 32.6 Å². The Bertz CT molecular complexity index is 847. The molecule has 0 fully saturated rings. The summed E-state index contributed by atoms with van der Waals surface area (Å²) in [6, 6.07) is 8.51. The van der Waals surface area contributed by atoms with Crippen LogP contribution in [0.25, 0.3) is 0 Å². The zero-order valence-corrected chi connectivity index (χ0v) is 12.5. The molecule has 2 aromatic rings. The second-order valence-electron chi connectivity index (χ2n) is 3.87. The van der Waals surface area contributed by atoms with E-state index in [0.717, 1.165) is 18.2 Å². The Labute approximate surface area is 130 Å². The number of hydrogen-bond donors (Lipinski definition) is 0. The Kier molecular flexibility index (Phi) is 4.37. The second kappa shape index (κ2) is 5.90. The molecule has 0 bridgehead atoms. The van der Waals surface area contributed by atoms with Crippen LogP contribution in [0.1, 0.15) is 5.56 Å². The first-order chi connectivity index (χ1) is 9.83. The Morgan fingerprint density at radius 2 is 1.81 bits per heavy atom. The van der Waals surface area contributed by atoms with Crippen LogP contribution in [0, 0.1) is 17.1 Å². The highest BCUT2D eigenvalue weighted by Crippen LogP contribution is 2.30. The Morgan fingerprint density at radius 1 is 1.10 bits per heavy atom. The number of halogens is 3. The zero-order valence-electron chi connectivity index (χ0n) is 10.2. The number of rotatable bonds is 3. The first-order valence-electron chi connectivity index (χ1n) is 5.42. The summed E-state index contributed by atoms with van der Waals surface area (Å²) in [5.74, 6) is -0.827. The Morgan fingerprint density at radius 3 is 2.38 bits per heavy atom.